The van der Waals surface area contributed by atoms with E-state index in [9.17, 15) is 19.2 Å². The monoisotopic (exact) mass is 473 g/mol. The van der Waals surface area contributed by atoms with Crippen molar-refractivity contribution in [1.29, 1.82) is 0 Å². The molecular formula is C22H20BrNO6. The van der Waals surface area contributed by atoms with Gasteiger partial charge < -0.3 is 19.2 Å². The quantitative estimate of drug-likeness (QED) is 0.348. The zero-order chi connectivity index (χ0) is 21.9. The van der Waals surface area contributed by atoms with Gasteiger partial charge in [0.05, 0.1) is 20.8 Å². The van der Waals surface area contributed by atoms with Gasteiger partial charge in [-0.15, -0.1) is 0 Å². The second kappa shape index (κ2) is 8.79. The summed E-state index contributed by atoms with van der Waals surface area (Å²) < 4.78 is 10.2. The number of aldehydes is 1. The number of carbonyl (C=O) groups is 4. The number of methoxy groups -OCH3 is 2. The number of benzene rings is 2. The van der Waals surface area contributed by atoms with Gasteiger partial charge in [0.25, 0.3) is 0 Å². The van der Waals surface area contributed by atoms with E-state index in [0.29, 0.717) is 22.0 Å². The molecular weight excluding hydrogens is 454 g/mol. The fourth-order valence-corrected chi connectivity index (χ4v) is 4.71. The van der Waals surface area contributed by atoms with Crippen LogP contribution < -0.4 is 4.90 Å². The first-order valence-electron chi connectivity index (χ1n) is 9.16. The molecule has 7 nitrogen and oxygen atoms in total. The predicted octanol–water partition coefficient (Wildman–Crippen LogP) is 2.78. The highest BCUT2D eigenvalue weighted by Gasteiger charge is 2.62. The summed E-state index contributed by atoms with van der Waals surface area (Å²) in [6.45, 7) is 0.207. The van der Waals surface area contributed by atoms with Crippen LogP contribution in [-0.4, -0.2) is 38.4 Å². The zero-order valence-corrected chi connectivity index (χ0v) is 18.0. The van der Waals surface area contributed by atoms with Crippen molar-refractivity contribution in [2.75, 3.05) is 19.1 Å². The van der Waals surface area contributed by atoms with E-state index >= 15 is 0 Å². The molecule has 1 amide bonds. The molecule has 0 bridgehead atoms. The maximum absolute atomic E-state index is 13.8. The van der Waals surface area contributed by atoms with E-state index in [1.54, 1.807) is 18.2 Å². The molecule has 1 heterocycles. The smallest absolute Gasteiger partial charge is 0.321 e. The van der Waals surface area contributed by atoms with Crippen molar-refractivity contribution in [3.63, 3.8) is 0 Å². The number of fused-ring (bicyclic) bond motifs is 1. The highest BCUT2D eigenvalue weighted by Crippen LogP contribution is 2.52. The lowest BCUT2D eigenvalue weighted by atomic mass is 9.68. The molecule has 0 spiro atoms. The van der Waals surface area contributed by atoms with E-state index < -0.39 is 29.2 Å². The minimum Gasteiger partial charge on any atom is -0.468 e. The van der Waals surface area contributed by atoms with Crippen LogP contribution in [0.1, 0.15) is 17.5 Å². The summed E-state index contributed by atoms with van der Waals surface area (Å²) >= 11 is 3.44. The fraction of sp³-hybridized carbons (Fsp3) is 0.273. The van der Waals surface area contributed by atoms with Gasteiger partial charge in [0.2, 0.25) is 5.91 Å². The van der Waals surface area contributed by atoms with E-state index in [1.807, 2.05) is 30.3 Å². The average Bonchev–Trinajstić information content (AvgIpc) is 2.98. The normalized spacial score (nSPS) is 17.6. The number of halogens is 1. The van der Waals surface area contributed by atoms with Gasteiger partial charge in [-0.1, -0.05) is 52.3 Å². The number of esters is 2. The Morgan fingerprint density at radius 1 is 1.07 bits per heavy atom. The molecule has 1 aliphatic heterocycles. The van der Waals surface area contributed by atoms with Crippen molar-refractivity contribution in [3.8, 4) is 0 Å². The molecule has 1 aliphatic rings. The lowest BCUT2D eigenvalue weighted by Crippen LogP contribution is -2.52. The molecule has 2 aromatic rings. The minimum absolute atomic E-state index is 0.207. The summed E-state index contributed by atoms with van der Waals surface area (Å²) in [5.41, 5.74) is -0.0327. The summed E-state index contributed by atoms with van der Waals surface area (Å²) in [5, 5.41) is 0. The van der Waals surface area contributed by atoms with Gasteiger partial charge in [0, 0.05) is 22.1 Å². The minimum atomic E-state index is -1.79. The number of hydrogen-bond acceptors (Lipinski definition) is 6. The molecule has 0 saturated heterocycles. The Labute approximate surface area is 182 Å². The number of carbonyl (C=O) groups excluding carboxylic acids is 4. The van der Waals surface area contributed by atoms with E-state index in [4.69, 9.17) is 9.47 Å². The summed E-state index contributed by atoms with van der Waals surface area (Å²) in [5.74, 6) is -4.06. The average molecular weight is 474 g/mol. The largest absolute Gasteiger partial charge is 0.468 e. The highest BCUT2D eigenvalue weighted by atomic mass is 79.9. The molecule has 0 aliphatic carbocycles. The molecule has 156 valence electrons. The van der Waals surface area contributed by atoms with Gasteiger partial charge in [-0.2, -0.15) is 0 Å². The van der Waals surface area contributed by atoms with Crippen molar-refractivity contribution in [2.24, 2.45) is 5.92 Å². The van der Waals surface area contributed by atoms with Crippen LogP contribution in [0.15, 0.2) is 53.0 Å². The predicted molar refractivity (Wildman–Crippen MR) is 112 cm³/mol. The topological polar surface area (TPSA) is 90.0 Å². The summed E-state index contributed by atoms with van der Waals surface area (Å²) in [7, 11) is 2.24. The van der Waals surface area contributed by atoms with Crippen LogP contribution in [0.3, 0.4) is 0 Å². The van der Waals surface area contributed by atoms with Gasteiger partial charge >= 0.3 is 11.9 Å². The lowest BCUT2D eigenvalue weighted by Gasteiger charge is -2.32. The van der Waals surface area contributed by atoms with Gasteiger partial charge in [-0.05, 0) is 17.7 Å². The maximum Gasteiger partial charge on any atom is 0.321 e. The third kappa shape index (κ3) is 3.41. The van der Waals surface area contributed by atoms with Crippen LogP contribution in [0.5, 0.6) is 0 Å². The van der Waals surface area contributed by atoms with Crippen molar-refractivity contribution < 1.29 is 28.7 Å². The van der Waals surface area contributed by atoms with Crippen molar-refractivity contribution in [1.82, 2.24) is 0 Å². The molecule has 0 unspecified atom stereocenters. The third-order valence-corrected chi connectivity index (χ3v) is 5.97. The SMILES string of the molecule is COC(=O)C(C(=O)OC)[C@]1(CC=O)C(=O)N(Cc2ccccc2)c2cccc(Br)c21. The second-order valence-corrected chi connectivity index (χ2v) is 7.69. The Bertz CT molecular complexity index is 976. The highest BCUT2D eigenvalue weighted by molar-refractivity contribution is 9.10. The molecule has 0 aromatic heterocycles. The Hall–Kier alpha value is -3.00. The number of nitrogens with zero attached hydrogens (tertiary/aromatic N) is 1. The zero-order valence-electron chi connectivity index (χ0n) is 16.5. The molecule has 0 radical (unpaired) electrons. The molecule has 1 atom stereocenters. The van der Waals surface area contributed by atoms with Gasteiger partial charge in [-0.25, -0.2) is 0 Å². The number of amides is 1. The molecule has 3 rings (SSSR count). The summed E-state index contributed by atoms with van der Waals surface area (Å²) in [4.78, 5) is 52.4. The molecule has 30 heavy (non-hydrogen) atoms. The van der Waals surface area contributed by atoms with Crippen LogP contribution >= 0.6 is 15.9 Å². The van der Waals surface area contributed by atoms with E-state index in [-0.39, 0.29) is 13.0 Å². The number of hydrogen-bond donors (Lipinski definition) is 0. The fourth-order valence-electron chi connectivity index (χ4n) is 4.00. The first-order chi connectivity index (χ1) is 14.4. The summed E-state index contributed by atoms with van der Waals surface area (Å²) in [6.07, 6.45) is 0.146. The molecule has 8 heteroatoms. The first kappa shape index (κ1) is 21.7. The molecule has 0 N–H and O–H groups in total. The van der Waals surface area contributed by atoms with Crippen molar-refractivity contribution in [2.45, 2.75) is 18.4 Å². The maximum atomic E-state index is 13.8. The van der Waals surface area contributed by atoms with Crippen molar-refractivity contribution in [3.05, 3.63) is 64.1 Å². The lowest BCUT2D eigenvalue weighted by molar-refractivity contribution is -0.165. The molecule has 2 aromatic carbocycles. The number of anilines is 1. The van der Waals surface area contributed by atoms with E-state index in [1.165, 1.54) is 4.90 Å². The van der Waals surface area contributed by atoms with Crippen LogP contribution in [0, 0.1) is 5.92 Å². The molecule has 0 saturated carbocycles. The van der Waals surface area contributed by atoms with Gasteiger partial charge in [0.1, 0.15) is 11.7 Å². The van der Waals surface area contributed by atoms with Crippen LogP contribution in [0.4, 0.5) is 5.69 Å². The van der Waals surface area contributed by atoms with Crippen LogP contribution in [0.25, 0.3) is 0 Å². The Balaban J connectivity index is 2.27. The van der Waals surface area contributed by atoms with Crippen LogP contribution in [-0.2, 0) is 40.6 Å². The Kier molecular flexibility index (Phi) is 6.36. The Morgan fingerprint density at radius 2 is 1.70 bits per heavy atom. The summed E-state index contributed by atoms with van der Waals surface area (Å²) in [6, 6.07) is 14.5. The second-order valence-electron chi connectivity index (χ2n) is 6.83. The first-order valence-corrected chi connectivity index (χ1v) is 9.95. The standard InChI is InChI=1S/C22H20BrNO6/c1-29-19(26)18(20(27)30-2)22(11-12-25)17-15(23)9-6-10-16(17)24(21(22)28)13-14-7-4-3-5-8-14/h3-10,12,18H,11,13H2,1-2H3/t22-/m1/s1. The van der Waals surface area contributed by atoms with E-state index in [2.05, 4.69) is 15.9 Å². The van der Waals surface area contributed by atoms with Gasteiger partial charge in [0.15, 0.2) is 5.92 Å². The third-order valence-electron chi connectivity index (χ3n) is 5.31. The van der Waals surface area contributed by atoms with Gasteiger partial charge in [-0.3, -0.25) is 14.4 Å². The van der Waals surface area contributed by atoms with Crippen molar-refractivity contribution >= 4 is 45.7 Å². The van der Waals surface area contributed by atoms with E-state index in [0.717, 1.165) is 19.8 Å². The number of rotatable bonds is 7. The van der Waals surface area contributed by atoms with Crippen LogP contribution in [0.2, 0.25) is 0 Å². The number of ether oxygens (including phenoxy) is 2. The molecule has 0 fully saturated rings. The Morgan fingerprint density at radius 3 is 2.27 bits per heavy atom.